The summed E-state index contributed by atoms with van der Waals surface area (Å²) in [5.74, 6) is 2.42. The van der Waals surface area contributed by atoms with E-state index >= 15 is 0 Å². The number of benzene rings is 3. The fourth-order valence-corrected chi connectivity index (χ4v) is 3.19. The number of nitrogens with zero attached hydrogens (tertiary/aromatic N) is 4. The fraction of sp³-hybridized carbons (Fsp3) is 0.0417. The molecule has 5 nitrogen and oxygen atoms in total. The highest BCUT2D eigenvalue weighted by Crippen LogP contribution is 2.22. The zero-order valence-electron chi connectivity index (χ0n) is 15.6. The van der Waals surface area contributed by atoms with Crippen LogP contribution in [0.2, 0.25) is 0 Å². The van der Waals surface area contributed by atoms with Crippen LogP contribution in [0.25, 0.3) is 16.9 Å². The molecule has 29 heavy (non-hydrogen) atoms. The Morgan fingerprint density at radius 2 is 1.34 bits per heavy atom. The summed E-state index contributed by atoms with van der Waals surface area (Å²) in [4.78, 5) is 0. The largest absolute Gasteiger partial charge is 0.457 e. The summed E-state index contributed by atoms with van der Waals surface area (Å²) in [5.41, 5.74) is 3.82. The first-order chi connectivity index (χ1) is 14.3. The first-order valence-electron chi connectivity index (χ1n) is 9.44. The van der Waals surface area contributed by atoms with Gasteiger partial charge in [-0.3, -0.25) is 0 Å². The lowest BCUT2D eigenvalue weighted by molar-refractivity contribution is 0.482. The van der Waals surface area contributed by atoms with Gasteiger partial charge in [0.1, 0.15) is 11.5 Å². The number of rotatable bonds is 5. The molecule has 0 amide bonds. The van der Waals surface area contributed by atoms with E-state index in [0.29, 0.717) is 6.42 Å². The van der Waals surface area contributed by atoms with Gasteiger partial charge in [-0.1, -0.05) is 60.7 Å². The average Bonchev–Trinajstić information content (AvgIpc) is 3.18. The van der Waals surface area contributed by atoms with Crippen LogP contribution in [0.15, 0.2) is 97.1 Å². The molecule has 0 aliphatic heterocycles. The van der Waals surface area contributed by atoms with Gasteiger partial charge in [0.05, 0.1) is 5.69 Å². The Kier molecular flexibility index (Phi) is 4.47. The van der Waals surface area contributed by atoms with E-state index in [1.807, 2.05) is 102 Å². The highest BCUT2D eigenvalue weighted by atomic mass is 16.5. The molecule has 0 saturated heterocycles. The zero-order chi connectivity index (χ0) is 19.5. The van der Waals surface area contributed by atoms with Crippen LogP contribution in [0.3, 0.4) is 0 Å². The molecule has 140 valence electrons. The number of aromatic nitrogens is 4. The van der Waals surface area contributed by atoms with Crippen molar-refractivity contribution in [3.05, 3.63) is 108 Å². The number of hydrogen-bond donors (Lipinski definition) is 0. The van der Waals surface area contributed by atoms with E-state index in [-0.39, 0.29) is 0 Å². The lowest BCUT2D eigenvalue weighted by Gasteiger charge is -2.07. The fourth-order valence-electron chi connectivity index (χ4n) is 3.19. The Balaban J connectivity index is 1.38. The van der Waals surface area contributed by atoms with Gasteiger partial charge in [-0.05, 0) is 42.0 Å². The zero-order valence-corrected chi connectivity index (χ0v) is 15.6. The summed E-state index contributed by atoms with van der Waals surface area (Å²) in [6.45, 7) is 0. The molecule has 5 aromatic rings. The van der Waals surface area contributed by atoms with Gasteiger partial charge in [0.2, 0.25) is 0 Å². The Hall–Kier alpha value is -3.99. The maximum Gasteiger partial charge on any atom is 0.177 e. The molecule has 0 radical (unpaired) electrons. The minimum Gasteiger partial charge on any atom is -0.457 e. The van der Waals surface area contributed by atoms with Gasteiger partial charge in [-0.2, -0.15) is 9.61 Å². The molecular formula is C24H18N4O. The molecular weight excluding hydrogens is 360 g/mol. The van der Waals surface area contributed by atoms with Crippen LogP contribution < -0.4 is 4.74 Å². The van der Waals surface area contributed by atoms with Crippen molar-refractivity contribution in [2.24, 2.45) is 0 Å². The Labute approximate surface area is 168 Å². The van der Waals surface area contributed by atoms with Crippen molar-refractivity contribution in [2.75, 3.05) is 0 Å². The quantitative estimate of drug-likeness (QED) is 0.423. The molecule has 0 unspecified atom stereocenters. The van der Waals surface area contributed by atoms with Gasteiger partial charge in [0.25, 0.3) is 0 Å². The third-order valence-electron chi connectivity index (χ3n) is 4.66. The topological polar surface area (TPSA) is 52.3 Å². The summed E-state index contributed by atoms with van der Waals surface area (Å²) in [5, 5.41) is 13.3. The molecule has 0 fully saturated rings. The van der Waals surface area contributed by atoms with E-state index in [2.05, 4.69) is 10.2 Å². The molecule has 0 atom stereocenters. The van der Waals surface area contributed by atoms with Crippen molar-refractivity contribution >= 4 is 5.65 Å². The van der Waals surface area contributed by atoms with E-state index in [4.69, 9.17) is 9.84 Å². The monoisotopic (exact) mass is 378 g/mol. The van der Waals surface area contributed by atoms with Crippen molar-refractivity contribution in [1.29, 1.82) is 0 Å². The molecule has 5 rings (SSSR count). The Morgan fingerprint density at radius 3 is 2.10 bits per heavy atom. The molecule has 2 heterocycles. The highest BCUT2D eigenvalue weighted by Gasteiger charge is 2.10. The molecule has 0 aliphatic rings. The molecule has 0 bridgehead atoms. The average molecular weight is 378 g/mol. The predicted octanol–water partition coefficient (Wildman–Crippen LogP) is 5.17. The molecule has 0 saturated carbocycles. The lowest BCUT2D eigenvalue weighted by atomic mass is 10.1. The second-order valence-corrected chi connectivity index (χ2v) is 6.71. The van der Waals surface area contributed by atoms with E-state index < -0.39 is 0 Å². The molecule has 2 aromatic heterocycles. The third-order valence-corrected chi connectivity index (χ3v) is 4.66. The lowest BCUT2D eigenvalue weighted by Crippen LogP contribution is -2.01. The maximum atomic E-state index is 5.86. The van der Waals surface area contributed by atoms with Crippen molar-refractivity contribution in [3.8, 4) is 22.8 Å². The van der Waals surface area contributed by atoms with Crippen LogP contribution in [0.1, 0.15) is 11.4 Å². The number of fused-ring (bicyclic) bond motifs is 1. The standard InChI is InChI=1S/C24H18N4O/c1-3-7-19(8-4-1)22-15-16-23-25-26-24(28(23)27-22)17-18-11-13-21(14-12-18)29-20-9-5-2-6-10-20/h1-16H,17H2. The normalized spacial score (nSPS) is 10.9. The van der Waals surface area contributed by atoms with Gasteiger partial charge >= 0.3 is 0 Å². The summed E-state index contributed by atoms with van der Waals surface area (Å²) >= 11 is 0. The van der Waals surface area contributed by atoms with Crippen molar-refractivity contribution in [2.45, 2.75) is 6.42 Å². The predicted molar refractivity (Wildman–Crippen MR) is 112 cm³/mol. The Morgan fingerprint density at radius 1 is 0.655 bits per heavy atom. The second-order valence-electron chi connectivity index (χ2n) is 6.71. The third kappa shape index (κ3) is 3.71. The van der Waals surface area contributed by atoms with E-state index in [1.54, 1.807) is 0 Å². The summed E-state index contributed by atoms with van der Waals surface area (Å²) in [6, 6.07) is 31.8. The molecule has 0 aliphatic carbocycles. The first kappa shape index (κ1) is 17.1. The smallest absolute Gasteiger partial charge is 0.177 e. The number of para-hydroxylation sites is 1. The van der Waals surface area contributed by atoms with E-state index in [0.717, 1.165) is 39.8 Å². The summed E-state index contributed by atoms with van der Waals surface area (Å²) in [7, 11) is 0. The first-order valence-corrected chi connectivity index (χ1v) is 9.44. The van der Waals surface area contributed by atoms with Crippen LogP contribution in [0.5, 0.6) is 11.5 Å². The van der Waals surface area contributed by atoms with Gasteiger partial charge in [0, 0.05) is 12.0 Å². The second kappa shape index (κ2) is 7.56. The molecule has 3 aromatic carbocycles. The highest BCUT2D eigenvalue weighted by molar-refractivity contribution is 5.60. The molecule has 0 N–H and O–H groups in total. The Bertz CT molecular complexity index is 1230. The summed E-state index contributed by atoms with van der Waals surface area (Å²) in [6.07, 6.45) is 0.637. The van der Waals surface area contributed by atoms with Crippen molar-refractivity contribution in [1.82, 2.24) is 19.8 Å². The maximum absolute atomic E-state index is 5.86. The van der Waals surface area contributed by atoms with E-state index in [9.17, 15) is 0 Å². The van der Waals surface area contributed by atoms with Crippen LogP contribution in [0.4, 0.5) is 0 Å². The SMILES string of the molecule is c1ccc(Oc2ccc(Cc3nnc4ccc(-c5ccccc5)nn34)cc2)cc1. The van der Waals surface area contributed by atoms with E-state index in [1.165, 1.54) is 0 Å². The minimum absolute atomic E-state index is 0.637. The molecule has 0 spiro atoms. The van der Waals surface area contributed by atoms with Crippen molar-refractivity contribution < 1.29 is 4.74 Å². The van der Waals surface area contributed by atoms with Crippen LogP contribution in [-0.4, -0.2) is 19.8 Å². The number of hydrogen-bond acceptors (Lipinski definition) is 4. The van der Waals surface area contributed by atoms with Crippen molar-refractivity contribution in [3.63, 3.8) is 0 Å². The van der Waals surface area contributed by atoms with Crippen LogP contribution in [-0.2, 0) is 6.42 Å². The van der Waals surface area contributed by atoms with Gasteiger partial charge in [-0.25, -0.2) is 0 Å². The summed E-state index contributed by atoms with van der Waals surface area (Å²) < 4.78 is 7.67. The van der Waals surface area contributed by atoms with Gasteiger partial charge in [-0.15, -0.1) is 10.2 Å². The van der Waals surface area contributed by atoms with Gasteiger partial charge < -0.3 is 4.74 Å². The van der Waals surface area contributed by atoms with Crippen LogP contribution >= 0.6 is 0 Å². The minimum atomic E-state index is 0.637. The molecule has 5 heteroatoms. The van der Waals surface area contributed by atoms with Crippen LogP contribution in [0, 0.1) is 0 Å². The number of ether oxygens (including phenoxy) is 1. The van der Waals surface area contributed by atoms with Gasteiger partial charge in [0.15, 0.2) is 11.5 Å².